The van der Waals surface area contributed by atoms with Crippen LogP contribution in [0.5, 0.6) is 0 Å². The van der Waals surface area contributed by atoms with Gasteiger partial charge in [-0.05, 0) is 55.7 Å². The van der Waals surface area contributed by atoms with Gasteiger partial charge in [0.2, 0.25) is 5.91 Å². The molecule has 0 radical (unpaired) electrons. The molecule has 1 N–H and O–H groups in total. The minimum absolute atomic E-state index is 0.237. The first-order valence-electron chi connectivity index (χ1n) is 8.20. The SMILES string of the molecule is Cc1c(Cl)cccc1NC(=O)C1CCCN1C(=O)c1cc(Cl)ccc1Cl. The molecule has 0 aliphatic carbocycles. The molecule has 2 amide bonds. The lowest BCUT2D eigenvalue weighted by Crippen LogP contribution is -2.43. The molecule has 0 aromatic heterocycles. The van der Waals surface area contributed by atoms with E-state index in [1.807, 2.05) is 6.92 Å². The van der Waals surface area contributed by atoms with E-state index < -0.39 is 6.04 Å². The summed E-state index contributed by atoms with van der Waals surface area (Å²) in [7, 11) is 0. The molecule has 0 bridgehead atoms. The number of carbonyl (C=O) groups excluding carboxylic acids is 2. The average Bonchev–Trinajstić information content (AvgIpc) is 3.10. The molecule has 2 aromatic rings. The Balaban J connectivity index is 1.81. The lowest BCUT2D eigenvalue weighted by atomic mass is 10.1. The zero-order chi connectivity index (χ0) is 18.8. The second-order valence-corrected chi connectivity index (χ2v) is 7.43. The van der Waals surface area contributed by atoms with E-state index in [0.717, 1.165) is 12.0 Å². The molecule has 1 unspecified atom stereocenters. The number of nitrogens with zero attached hydrogens (tertiary/aromatic N) is 1. The van der Waals surface area contributed by atoms with Gasteiger partial charge in [-0.2, -0.15) is 0 Å². The number of amides is 2. The molecular weight excluding hydrogens is 395 g/mol. The van der Waals surface area contributed by atoms with E-state index in [2.05, 4.69) is 5.32 Å². The van der Waals surface area contributed by atoms with E-state index in [4.69, 9.17) is 34.8 Å². The molecular formula is C19H17Cl3N2O2. The predicted molar refractivity (Wildman–Crippen MR) is 105 cm³/mol. The van der Waals surface area contributed by atoms with Gasteiger partial charge in [-0.15, -0.1) is 0 Å². The Morgan fingerprint density at radius 2 is 1.88 bits per heavy atom. The van der Waals surface area contributed by atoms with Gasteiger partial charge >= 0.3 is 0 Å². The zero-order valence-electron chi connectivity index (χ0n) is 14.1. The molecule has 0 saturated carbocycles. The maximum absolute atomic E-state index is 12.9. The van der Waals surface area contributed by atoms with Crippen molar-refractivity contribution in [3.05, 3.63) is 62.6 Å². The Hall–Kier alpha value is -1.75. The van der Waals surface area contributed by atoms with Crippen molar-refractivity contribution in [3.8, 4) is 0 Å². The minimum Gasteiger partial charge on any atom is -0.327 e. The van der Waals surface area contributed by atoms with Crippen molar-refractivity contribution >= 4 is 52.3 Å². The first kappa shape index (κ1) is 19.0. The number of hydrogen-bond acceptors (Lipinski definition) is 2. The van der Waals surface area contributed by atoms with E-state index in [1.165, 1.54) is 6.07 Å². The lowest BCUT2D eigenvalue weighted by molar-refractivity contribution is -0.119. The highest BCUT2D eigenvalue weighted by Crippen LogP contribution is 2.28. The zero-order valence-corrected chi connectivity index (χ0v) is 16.3. The highest BCUT2D eigenvalue weighted by molar-refractivity contribution is 6.35. The minimum atomic E-state index is -0.559. The van der Waals surface area contributed by atoms with Gasteiger partial charge in [0.25, 0.3) is 5.91 Å². The van der Waals surface area contributed by atoms with Gasteiger partial charge in [-0.1, -0.05) is 40.9 Å². The predicted octanol–water partition coefficient (Wildman–Crippen LogP) is 5.20. The summed E-state index contributed by atoms with van der Waals surface area (Å²) in [6, 6.07) is 9.49. The lowest BCUT2D eigenvalue weighted by Gasteiger charge is -2.25. The monoisotopic (exact) mass is 410 g/mol. The molecule has 136 valence electrons. The van der Waals surface area contributed by atoms with E-state index >= 15 is 0 Å². The fraction of sp³-hybridized carbons (Fsp3) is 0.263. The highest BCUT2D eigenvalue weighted by Gasteiger charge is 2.35. The third-order valence-electron chi connectivity index (χ3n) is 4.50. The summed E-state index contributed by atoms with van der Waals surface area (Å²) in [6.07, 6.45) is 1.34. The Bertz CT molecular complexity index is 870. The number of likely N-dealkylation sites (tertiary alicyclic amines) is 1. The number of anilines is 1. The quantitative estimate of drug-likeness (QED) is 0.755. The molecule has 1 atom stereocenters. The van der Waals surface area contributed by atoms with Crippen LogP contribution in [0.15, 0.2) is 36.4 Å². The van der Waals surface area contributed by atoms with E-state index in [-0.39, 0.29) is 11.8 Å². The van der Waals surface area contributed by atoms with Crippen LogP contribution in [-0.2, 0) is 4.79 Å². The molecule has 1 fully saturated rings. The molecule has 0 spiro atoms. The molecule has 1 aliphatic rings. The Morgan fingerprint density at radius 3 is 2.65 bits per heavy atom. The largest absolute Gasteiger partial charge is 0.327 e. The van der Waals surface area contributed by atoms with E-state index in [9.17, 15) is 9.59 Å². The van der Waals surface area contributed by atoms with Crippen LogP contribution in [0.2, 0.25) is 15.1 Å². The summed E-state index contributed by atoms with van der Waals surface area (Å²) < 4.78 is 0. The molecule has 1 aliphatic heterocycles. The van der Waals surface area contributed by atoms with Crippen LogP contribution in [-0.4, -0.2) is 29.3 Å². The van der Waals surface area contributed by atoms with Crippen LogP contribution >= 0.6 is 34.8 Å². The molecule has 7 heteroatoms. The Kier molecular flexibility index (Phi) is 5.76. The average molecular weight is 412 g/mol. The summed E-state index contributed by atoms with van der Waals surface area (Å²) in [6.45, 7) is 2.33. The van der Waals surface area contributed by atoms with Gasteiger partial charge < -0.3 is 10.2 Å². The summed E-state index contributed by atoms with van der Waals surface area (Å²) in [5, 5.41) is 4.20. The van der Waals surface area contributed by atoms with Gasteiger partial charge in [0, 0.05) is 22.3 Å². The van der Waals surface area contributed by atoms with Crippen LogP contribution in [0.3, 0.4) is 0 Å². The molecule has 2 aromatic carbocycles. The van der Waals surface area contributed by atoms with Gasteiger partial charge in [0.15, 0.2) is 0 Å². The van der Waals surface area contributed by atoms with Gasteiger partial charge in [0.1, 0.15) is 6.04 Å². The van der Waals surface area contributed by atoms with Crippen molar-refractivity contribution in [1.29, 1.82) is 0 Å². The fourth-order valence-electron chi connectivity index (χ4n) is 3.06. The number of benzene rings is 2. The second-order valence-electron chi connectivity index (χ2n) is 6.18. The normalized spacial score (nSPS) is 16.6. The van der Waals surface area contributed by atoms with Crippen LogP contribution in [0.1, 0.15) is 28.8 Å². The summed E-state index contributed by atoms with van der Waals surface area (Å²) in [5.74, 6) is -0.530. The number of rotatable bonds is 3. The standard InChI is InChI=1S/C19H17Cl3N2O2/c1-11-14(21)4-2-5-16(11)23-18(25)17-6-3-9-24(17)19(26)13-10-12(20)7-8-15(13)22/h2,4-5,7-8,10,17H,3,6,9H2,1H3,(H,23,25). The summed E-state index contributed by atoms with van der Waals surface area (Å²) in [5.41, 5.74) is 1.73. The van der Waals surface area contributed by atoms with Gasteiger partial charge in [-0.25, -0.2) is 0 Å². The van der Waals surface area contributed by atoms with Crippen molar-refractivity contribution in [2.75, 3.05) is 11.9 Å². The number of carbonyl (C=O) groups is 2. The first-order valence-corrected chi connectivity index (χ1v) is 9.34. The Morgan fingerprint density at radius 1 is 1.12 bits per heavy atom. The van der Waals surface area contributed by atoms with Gasteiger partial charge in [-0.3, -0.25) is 9.59 Å². The highest BCUT2D eigenvalue weighted by atomic mass is 35.5. The first-order chi connectivity index (χ1) is 12.4. The van der Waals surface area contributed by atoms with Crippen LogP contribution in [0, 0.1) is 6.92 Å². The molecule has 3 rings (SSSR count). The fourth-order valence-corrected chi connectivity index (χ4v) is 3.60. The van der Waals surface area contributed by atoms with Gasteiger partial charge in [0.05, 0.1) is 10.6 Å². The maximum Gasteiger partial charge on any atom is 0.256 e. The molecule has 4 nitrogen and oxygen atoms in total. The molecule has 1 heterocycles. The number of hydrogen-bond donors (Lipinski definition) is 1. The van der Waals surface area contributed by atoms with Crippen LogP contribution < -0.4 is 5.32 Å². The van der Waals surface area contributed by atoms with Crippen molar-refractivity contribution in [1.82, 2.24) is 4.90 Å². The number of nitrogens with one attached hydrogen (secondary N) is 1. The van der Waals surface area contributed by atoms with Crippen molar-refractivity contribution in [2.24, 2.45) is 0 Å². The Labute approximate surface area is 167 Å². The van der Waals surface area contributed by atoms with Crippen LogP contribution in [0.25, 0.3) is 0 Å². The summed E-state index contributed by atoms with van der Waals surface area (Å²) in [4.78, 5) is 27.2. The smallest absolute Gasteiger partial charge is 0.256 e. The van der Waals surface area contributed by atoms with E-state index in [0.29, 0.717) is 39.3 Å². The molecule has 1 saturated heterocycles. The third kappa shape index (κ3) is 3.83. The second kappa shape index (κ2) is 7.87. The van der Waals surface area contributed by atoms with Crippen molar-refractivity contribution in [2.45, 2.75) is 25.8 Å². The third-order valence-corrected chi connectivity index (χ3v) is 5.47. The van der Waals surface area contributed by atoms with Crippen molar-refractivity contribution < 1.29 is 9.59 Å². The summed E-state index contributed by atoms with van der Waals surface area (Å²) >= 11 is 18.2. The van der Waals surface area contributed by atoms with Crippen molar-refractivity contribution in [3.63, 3.8) is 0 Å². The maximum atomic E-state index is 12.9. The number of halogens is 3. The topological polar surface area (TPSA) is 49.4 Å². The van der Waals surface area contributed by atoms with Crippen LogP contribution in [0.4, 0.5) is 5.69 Å². The molecule has 26 heavy (non-hydrogen) atoms. The van der Waals surface area contributed by atoms with E-state index in [1.54, 1.807) is 35.2 Å².